The van der Waals surface area contributed by atoms with Crippen LogP contribution in [-0.4, -0.2) is 21.5 Å². The number of thiazole rings is 1. The number of aryl methyl sites for hydroxylation is 1. The first-order valence-electron chi connectivity index (χ1n) is 6.81. The van der Waals surface area contributed by atoms with Gasteiger partial charge in [0.25, 0.3) is 0 Å². The average Bonchev–Trinajstić information content (AvgIpc) is 2.84. The minimum atomic E-state index is 0.728. The summed E-state index contributed by atoms with van der Waals surface area (Å²) in [6, 6.07) is 1.83. The van der Waals surface area contributed by atoms with Gasteiger partial charge in [-0.3, -0.25) is 0 Å². The molecule has 0 aliphatic heterocycles. The van der Waals surface area contributed by atoms with E-state index in [4.69, 9.17) is 4.98 Å². The molecule has 0 bridgehead atoms. The molecule has 2 rings (SSSR count). The van der Waals surface area contributed by atoms with Gasteiger partial charge in [0.1, 0.15) is 0 Å². The Hall–Kier alpha value is -1.33. The third-order valence-corrected chi connectivity index (χ3v) is 3.83. The van der Waals surface area contributed by atoms with Crippen LogP contribution in [0.4, 0.5) is 0 Å². The quantitative estimate of drug-likeness (QED) is 0.790. The molecule has 0 aliphatic rings. The minimum Gasteiger partial charge on any atom is -0.312 e. The van der Waals surface area contributed by atoms with E-state index < -0.39 is 0 Å². The van der Waals surface area contributed by atoms with Crippen LogP contribution in [0, 0.1) is 0 Å². The van der Waals surface area contributed by atoms with Crippen molar-refractivity contribution in [3.05, 3.63) is 29.0 Å². The van der Waals surface area contributed by atoms with Crippen molar-refractivity contribution >= 4 is 11.3 Å². The van der Waals surface area contributed by atoms with Crippen LogP contribution >= 0.6 is 11.3 Å². The van der Waals surface area contributed by atoms with E-state index >= 15 is 0 Å². The summed E-state index contributed by atoms with van der Waals surface area (Å²) in [6.45, 7) is 6.30. The molecule has 0 aliphatic carbocycles. The van der Waals surface area contributed by atoms with Crippen molar-refractivity contribution in [2.24, 2.45) is 0 Å². The van der Waals surface area contributed by atoms with E-state index in [1.165, 1.54) is 10.6 Å². The van der Waals surface area contributed by atoms with Gasteiger partial charge in [0.05, 0.1) is 5.69 Å². The number of nitrogens with one attached hydrogen (secondary N) is 1. The molecule has 0 unspecified atom stereocenters. The first-order valence-corrected chi connectivity index (χ1v) is 7.63. The van der Waals surface area contributed by atoms with E-state index in [2.05, 4.69) is 29.1 Å². The summed E-state index contributed by atoms with van der Waals surface area (Å²) in [4.78, 5) is 14.6. The maximum absolute atomic E-state index is 4.70. The number of hydrogen-bond acceptors (Lipinski definition) is 5. The topological polar surface area (TPSA) is 50.7 Å². The van der Waals surface area contributed by atoms with Crippen LogP contribution in [0.25, 0.3) is 10.8 Å². The Kier molecular flexibility index (Phi) is 5.42. The molecule has 0 spiro atoms. The van der Waals surface area contributed by atoms with Crippen LogP contribution in [-0.2, 0) is 13.0 Å². The Morgan fingerprint density at radius 1 is 1.16 bits per heavy atom. The first kappa shape index (κ1) is 14.1. The van der Waals surface area contributed by atoms with Gasteiger partial charge in [-0.25, -0.2) is 15.0 Å². The maximum Gasteiger partial charge on any atom is 0.188 e. The van der Waals surface area contributed by atoms with Crippen molar-refractivity contribution in [3.63, 3.8) is 0 Å². The summed E-state index contributed by atoms with van der Waals surface area (Å²) in [6.07, 6.45) is 6.80. The van der Waals surface area contributed by atoms with E-state index in [0.717, 1.165) is 43.2 Å². The predicted molar refractivity (Wildman–Crippen MR) is 79.1 cm³/mol. The van der Waals surface area contributed by atoms with Gasteiger partial charge < -0.3 is 5.32 Å². The van der Waals surface area contributed by atoms with Crippen molar-refractivity contribution < 1.29 is 0 Å². The molecule has 102 valence electrons. The molecule has 0 radical (unpaired) electrons. The smallest absolute Gasteiger partial charge is 0.188 e. The molecular weight excluding hydrogens is 256 g/mol. The maximum atomic E-state index is 4.70. The van der Waals surface area contributed by atoms with Gasteiger partial charge in [-0.2, -0.15) is 0 Å². The average molecular weight is 276 g/mol. The molecule has 4 nitrogen and oxygen atoms in total. The van der Waals surface area contributed by atoms with Crippen molar-refractivity contribution in [3.8, 4) is 10.8 Å². The van der Waals surface area contributed by atoms with E-state index in [0.29, 0.717) is 0 Å². The fourth-order valence-electron chi connectivity index (χ4n) is 1.84. The van der Waals surface area contributed by atoms with Gasteiger partial charge >= 0.3 is 0 Å². The van der Waals surface area contributed by atoms with Gasteiger partial charge in [-0.05, 0) is 25.5 Å². The van der Waals surface area contributed by atoms with Gasteiger partial charge in [-0.15, -0.1) is 11.3 Å². The van der Waals surface area contributed by atoms with Crippen LogP contribution in [0.5, 0.6) is 0 Å². The summed E-state index contributed by atoms with van der Waals surface area (Å²) in [7, 11) is 0. The lowest BCUT2D eigenvalue weighted by Gasteiger charge is -2.02. The Labute approximate surface area is 118 Å². The van der Waals surface area contributed by atoms with Gasteiger partial charge in [0.15, 0.2) is 10.8 Å². The molecule has 5 heteroatoms. The van der Waals surface area contributed by atoms with E-state index in [1.54, 1.807) is 23.7 Å². The van der Waals surface area contributed by atoms with Gasteiger partial charge in [0, 0.05) is 23.8 Å². The standard InChI is InChI=1S/C14H20N4S/c1-3-6-11-12(10-15-7-4-2)19-14(18-11)13-16-8-5-9-17-13/h5,8-9,15H,3-4,6-7,10H2,1-2H3. The van der Waals surface area contributed by atoms with Crippen LogP contribution < -0.4 is 5.32 Å². The lowest BCUT2D eigenvalue weighted by molar-refractivity contribution is 0.674. The molecule has 0 saturated heterocycles. The highest BCUT2D eigenvalue weighted by Gasteiger charge is 2.13. The lowest BCUT2D eigenvalue weighted by atomic mass is 10.2. The molecule has 0 amide bonds. The SMILES string of the molecule is CCCNCc1sc(-c2ncccn2)nc1CCC. The Morgan fingerprint density at radius 3 is 2.63 bits per heavy atom. The second kappa shape index (κ2) is 7.31. The molecular formula is C14H20N4S. The van der Waals surface area contributed by atoms with Gasteiger partial charge in [0.2, 0.25) is 0 Å². The highest BCUT2D eigenvalue weighted by atomic mass is 32.1. The zero-order valence-corrected chi connectivity index (χ0v) is 12.3. The largest absolute Gasteiger partial charge is 0.312 e. The number of rotatable bonds is 7. The molecule has 0 fully saturated rings. The van der Waals surface area contributed by atoms with E-state index in [1.807, 2.05) is 6.07 Å². The fraction of sp³-hybridized carbons (Fsp3) is 0.500. The summed E-state index contributed by atoms with van der Waals surface area (Å²) < 4.78 is 0. The zero-order chi connectivity index (χ0) is 13.5. The predicted octanol–water partition coefficient (Wildman–Crippen LogP) is 3.05. The van der Waals surface area contributed by atoms with E-state index in [9.17, 15) is 0 Å². The number of hydrogen-bond donors (Lipinski definition) is 1. The molecule has 19 heavy (non-hydrogen) atoms. The number of nitrogens with zero attached hydrogens (tertiary/aromatic N) is 3. The number of aromatic nitrogens is 3. The molecule has 0 saturated carbocycles. The van der Waals surface area contributed by atoms with Crippen molar-refractivity contribution in [1.29, 1.82) is 0 Å². The third-order valence-electron chi connectivity index (χ3n) is 2.73. The molecule has 2 heterocycles. The van der Waals surface area contributed by atoms with Gasteiger partial charge in [-0.1, -0.05) is 20.3 Å². The van der Waals surface area contributed by atoms with Crippen molar-refractivity contribution in [2.45, 2.75) is 39.7 Å². The zero-order valence-electron chi connectivity index (χ0n) is 11.5. The van der Waals surface area contributed by atoms with Crippen LogP contribution in [0.3, 0.4) is 0 Å². The second-order valence-electron chi connectivity index (χ2n) is 4.39. The fourth-order valence-corrected chi connectivity index (χ4v) is 2.86. The Balaban J connectivity index is 2.19. The summed E-state index contributed by atoms with van der Waals surface area (Å²) in [5, 5.41) is 4.37. The Bertz CT molecular complexity index is 495. The highest BCUT2D eigenvalue weighted by molar-refractivity contribution is 7.15. The van der Waals surface area contributed by atoms with Crippen molar-refractivity contribution in [1.82, 2.24) is 20.3 Å². The summed E-state index contributed by atoms with van der Waals surface area (Å²) in [5.41, 5.74) is 1.19. The first-order chi connectivity index (χ1) is 9.35. The molecule has 0 atom stereocenters. The monoisotopic (exact) mass is 276 g/mol. The summed E-state index contributed by atoms with van der Waals surface area (Å²) >= 11 is 1.70. The minimum absolute atomic E-state index is 0.728. The normalized spacial score (nSPS) is 10.8. The molecule has 2 aromatic heterocycles. The van der Waals surface area contributed by atoms with Crippen LogP contribution in [0.15, 0.2) is 18.5 Å². The Morgan fingerprint density at radius 2 is 1.95 bits per heavy atom. The van der Waals surface area contributed by atoms with Crippen LogP contribution in [0.1, 0.15) is 37.3 Å². The third kappa shape index (κ3) is 3.81. The summed E-state index contributed by atoms with van der Waals surface area (Å²) in [5.74, 6) is 0.728. The molecule has 2 aromatic rings. The molecule has 0 aromatic carbocycles. The molecule has 1 N–H and O–H groups in total. The van der Waals surface area contributed by atoms with E-state index in [-0.39, 0.29) is 0 Å². The van der Waals surface area contributed by atoms with Crippen LogP contribution in [0.2, 0.25) is 0 Å². The second-order valence-corrected chi connectivity index (χ2v) is 5.47. The highest BCUT2D eigenvalue weighted by Crippen LogP contribution is 2.26. The van der Waals surface area contributed by atoms with Crippen molar-refractivity contribution in [2.75, 3.05) is 6.54 Å². The lowest BCUT2D eigenvalue weighted by Crippen LogP contribution is -2.13.